The molecule has 140 valence electrons. The van der Waals surface area contributed by atoms with Crippen molar-refractivity contribution < 1.29 is 19.2 Å². The number of hydrogen-bond donors (Lipinski definition) is 1. The molecular weight excluding hydrogens is 356 g/mol. The molecule has 0 radical (unpaired) electrons. The number of nitrogens with zero attached hydrogens (tertiary/aromatic N) is 2. The minimum Gasteiger partial charge on any atom is -0.495 e. The summed E-state index contributed by atoms with van der Waals surface area (Å²) in [7, 11) is 1.54. The maximum Gasteiger partial charge on any atom is 0.259 e. The molecule has 1 saturated heterocycles. The molecular formula is C19H23ClN2O4. The first kappa shape index (κ1) is 18.7. The molecule has 26 heavy (non-hydrogen) atoms. The molecule has 0 spiro atoms. The number of ether oxygens (including phenoxy) is 1. The summed E-state index contributed by atoms with van der Waals surface area (Å²) in [5.74, 6) is 0.442. The third-order valence-electron chi connectivity index (χ3n) is 4.93. The smallest absolute Gasteiger partial charge is 0.259 e. The minimum absolute atomic E-state index is 0.0407. The van der Waals surface area contributed by atoms with E-state index in [1.807, 2.05) is 0 Å². The Hall–Kier alpha value is -2.05. The second kappa shape index (κ2) is 7.29. The molecule has 1 fully saturated rings. The average molecular weight is 379 g/mol. The molecule has 6 nitrogen and oxygen atoms in total. The summed E-state index contributed by atoms with van der Waals surface area (Å²) in [6.07, 6.45) is 3.12. The van der Waals surface area contributed by atoms with Crippen LogP contribution in [0.3, 0.4) is 0 Å². The topological polar surface area (TPSA) is 75.8 Å². The molecule has 0 bridgehead atoms. The van der Waals surface area contributed by atoms with Crippen molar-refractivity contribution in [1.82, 2.24) is 10.1 Å². The van der Waals surface area contributed by atoms with Crippen LogP contribution in [-0.4, -0.2) is 46.9 Å². The van der Waals surface area contributed by atoms with Gasteiger partial charge >= 0.3 is 0 Å². The molecule has 1 aliphatic heterocycles. The number of carbonyl (C=O) groups is 1. The minimum atomic E-state index is -0.820. The van der Waals surface area contributed by atoms with Crippen LogP contribution in [0, 0.1) is 5.92 Å². The molecule has 7 heteroatoms. The Bertz CT molecular complexity index is 797. The Morgan fingerprint density at radius 2 is 2.23 bits per heavy atom. The molecule has 2 aromatic rings. The quantitative estimate of drug-likeness (QED) is 0.879. The van der Waals surface area contributed by atoms with Gasteiger partial charge in [-0.05, 0) is 44.9 Å². The number of halogens is 1. The molecule has 0 aliphatic carbocycles. The Morgan fingerprint density at radius 3 is 2.88 bits per heavy atom. The number of carbonyl (C=O) groups excluding carboxylic acids is 1. The number of methoxy groups -OCH3 is 1. The van der Waals surface area contributed by atoms with Crippen molar-refractivity contribution in [1.29, 1.82) is 0 Å². The van der Waals surface area contributed by atoms with Gasteiger partial charge in [-0.15, -0.1) is 0 Å². The number of amides is 1. The third-order valence-corrected chi connectivity index (χ3v) is 5.23. The Kier molecular flexibility index (Phi) is 5.25. The fourth-order valence-corrected chi connectivity index (χ4v) is 3.58. The first-order valence-electron chi connectivity index (χ1n) is 8.61. The summed E-state index contributed by atoms with van der Waals surface area (Å²) < 4.78 is 10.2. The van der Waals surface area contributed by atoms with Crippen LogP contribution in [0.4, 0.5) is 0 Å². The van der Waals surface area contributed by atoms with Gasteiger partial charge in [0.2, 0.25) is 0 Å². The van der Waals surface area contributed by atoms with E-state index in [9.17, 15) is 9.90 Å². The van der Waals surface area contributed by atoms with Crippen molar-refractivity contribution in [3.8, 4) is 17.0 Å². The summed E-state index contributed by atoms with van der Waals surface area (Å²) in [4.78, 5) is 14.8. The Morgan fingerprint density at radius 1 is 1.46 bits per heavy atom. The lowest BCUT2D eigenvalue weighted by Gasteiger charge is -2.38. The second-order valence-corrected chi connectivity index (χ2v) is 7.58. The Balaban J connectivity index is 1.86. The lowest BCUT2D eigenvalue weighted by Crippen LogP contribution is -2.46. The van der Waals surface area contributed by atoms with Crippen LogP contribution in [0.5, 0.6) is 5.75 Å². The number of aliphatic hydroxyl groups is 1. The molecule has 1 aliphatic rings. The SMILES string of the molecule is COc1ccc(-c2nocc2C(=O)N2CCCC(C(C)(C)O)C2)cc1Cl. The number of aromatic nitrogens is 1. The van der Waals surface area contributed by atoms with Crippen LogP contribution in [0.15, 0.2) is 29.0 Å². The summed E-state index contributed by atoms with van der Waals surface area (Å²) in [5.41, 5.74) is 0.705. The van der Waals surface area contributed by atoms with E-state index in [1.54, 1.807) is 44.1 Å². The molecule has 1 atom stereocenters. The van der Waals surface area contributed by atoms with E-state index in [2.05, 4.69) is 5.16 Å². The van der Waals surface area contributed by atoms with Gasteiger partial charge in [-0.1, -0.05) is 16.8 Å². The zero-order valence-electron chi connectivity index (χ0n) is 15.2. The number of benzene rings is 1. The number of piperidine rings is 1. The van der Waals surface area contributed by atoms with Crippen molar-refractivity contribution in [2.45, 2.75) is 32.3 Å². The second-order valence-electron chi connectivity index (χ2n) is 7.17. The monoisotopic (exact) mass is 378 g/mol. The van der Waals surface area contributed by atoms with Gasteiger partial charge in [0.1, 0.15) is 23.3 Å². The van der Waals surface area contributed by atoms with Crippen molar-refractivity contribution in [2.24, 2.45) is 5.92 Å². The molecule has 1 unspecified atom stereocenters. The van der Waals surface area contributed by atoms with Crippen molar-refractivity contribution in [3.05, 3.63) is 35.0 Å². The normalized spacial score (nSPS) is 18.0. The maximum absolute atomic E-state index is 13.0. The van der Waals surface area contributed by atoms with Gasteiger partial charge in [0, 0.05) is 24.6 Å². The highest BCUT2D eigenvalue weighted by Crippen LogP contribution is 2.33. The highest BCUT2D eigenvalue weighted by Gasteiger charge is 2.34. The summed E-state index contributed by atoms with van der Waals surface area (Å²) in [6, 6.07) is 5.21. The van der Waals surface area contributed by atoms with E-state index >= 15 is 0 Å². The molecule has 1 aromatic heterocycles. The van der Waals surface area contributed by atoms with Crippen LogP contribution >= 0.6 is 11.6 Å². The first-order chi connectivity index (χ1) is 12.3. The van der Waals surface area contributed by atoms with E-state index in [4.69, 9.17) is 20.9 Å². The van der Waals surface area contributed by atoms with Crippen LogP contribution in [0.2, 0.25) is 5.02 Å². The summed E-state index contributed by atoms with van der Waals surface area (Å²) >= 11 is 6.19. The average Bonchev–Trinajstić information content (AvgIpc) is 3.10. The first-order valence-corrected chi connectivity index (χ1v) is 8.99. The van der Waals surface area contributed by atoms with Gasteiger partial charge in [-0.3, -0.25) is 4.79 Å². The third kappa shape index (κ3) is 3.71. The van der Waals surface area contributed by atoms with Crippen molar-refractivity contribution in [3.63, 3.8) is 0 Å². The molecule has 1 aromatic carbocycles. The van der Waals surface area contributed by atoms with Crippen LogP contribution in [0.1, 0.15) is 37.0 Å². The molecule has 2 heterocycles. The van der Waals surface area contributed by atoms with Gasteiger partial charge in [-0.2, -0.15) is 0 Å². The lowest BCUT2D eigenvalue weighted by atomic mass is 9.84. The van der Waals surface area contributed by atoms with E-state index in [0.717, 1.165) is 12.8 Å². The van der Waals surface area contributed by atoms with Gasteiger partial charge < -0.3 is 19.3 Å². The summed E-state index contributed by atoms with van der Waals surface area (Å²) in [6.45, 7) is 4.74. The molecule has 1 amide bonds. The van der Waals surface area contributed by atoms with Crippen LogP contribution < -0.4 is 4.74 Å². The summed E-state index contributed by atoms with van der Waals surface area (Å²) in [5, 5.41) is 14.7. The highest BCUT2D eigenvalue weighted by atomic mass is 35.5. The molecule has 1 N–H and O–H groups in total. The standard InChI is InChI=1S/C19H23ClN2O4/c1-19(2,24)13-5-4-8-22(10-13)18(23)14-11-26-21-17(14)12-6-7-16(25-3)15(20)9-12/h6-7,9,11,13,24H,4-5,8,10H2,1-3H3. The van der Waals surface area contributed by atoms with E-state index in [0.29, 0.717) is 40.7 Å². The van der Waals surface area contributed by atoms with E-state index in [1.165, 1.54) is 6.26 Å². The Labute approximate surface area is 157 Å². The number of likely N-dealkylation sites (tertiary alicyclic amines) is 1. The van der Waals surface area contributed by atoms with Gasteiger partial charge in [-0.25, -0.2) is 0 Å². The maximum atomic E-state index is 13.0. The highest BCUT2D eigenvalue weighted by molar-refractivity contribution is 6.32. The molecule has 0 saturated carbocycles. The van der Waals surface area contributed by atoms with Gasteiger partial charge in [0.15, 0.2) is 0 Å². The number of hydrogen-bond acceptors (Lipinski definition) is 5. The predicted molar refractivity (Wildman–Crippen MR) is 98.4 cm³/mol. The fraction of sp³-hybridized carbons (Fsp3) is 0.474. The van der Waals surface area contributed by atoms with E-state index in [-0.39, 0.29) is 11.8 Å². The van der Waals surface area contributed by atoms with E-state index < -0.39 is 5.60 Å². The zero-order valence-corrected chi connectivity index (χ0v) is 15.9. The fourth-order valence-electron chi connectivity index (χ4n) is 3.32. The van der Waals surface area contributed by atoms with Crippen molar-refractivity contribution in [2.75, 3.05) is 20.2 Å². The van der Waals surface area contributed by atoms with Crippen LogP contribution in [0.25, 0.3) is 11.3 Å². The molecule has 3 rings (SSSR count). The number of rotatable bonds is 4. The van der Waals surface area contributed by atoms with Gasteiger partial charge in [0.25, 0.3) is 5.91 Å². The zero-order chi connectivity index (χ0) is 18.9. The largest absolute Gasteiger partial charge is 0.495 e. The predicted octanol–water partition coefficient (Wildman–Crippen LogP) is 3.63. The van der Waals surface area contributed by atoms with Crippen molar-refractivity contribution >= 4 is 17.5 Å². The van der Waals surface area contributed by atoms with Crippen LogP contribution in [-0.2, 0) is 0 Å². The lowest BCUT2D eigenvalue weighted by molar-refractivity contribution is -0.0146. The van der Waals surface area contributed by atoms with Gasteiger partial charge in [0.05, 0.1) is 17.7 Å².